The van der Waals surface area contributed by atoms with E-state index in [1.54, 1.807) is 30.3 Å². The highest BCUT2D eigenvalue weighted by molar-refractivity contribution is 6.30. The van der Waals surface area contributed by atoms with Crippen LogP contribution in [0.5, 0.6) is 11.5 Å². The van der Waals surface area contributed by atoms with Gasteiger partial charge in [-0.05, 0) is 30.3 Å². The van der Waals surface area contributed by atoms with E-state index in [4.69, 9.17) is 21.1 Å². The SMILES string of the molecule is O=C(O)c1c(-c2ccc3c(c2)OCCO3)nc2ccc(Cl)cn12. The molecule has 23 heavy (non-hydrogen) atoms. The van der Waals surface area contributed by atoms with Gasteiger partial charge >= 0.3 is 5.97 Å². The Labute approximate surface area is 135 Å². The summed E-state index contributed by atoms with van der Waals surface area (Å²) in [6, 6.07) is 8.61. The molecule has 0 atom stereocenters. The quantitative estimate of drug-likeness (QED) is 0.781. The predicted molar refractivity (Wildman–Crippen MR) is 83.6 cm³/mol. The number of rotatable bonds is 2. The average Bonchev–Trinajstić information content (AvgIpc) is 2.93. The molecule has 3 aromatic rings. The van der Waals surface area contributed by atoms with Crippen molar-refractivity contribution in [2.45, 2.75) is 0 Å². The third-order valence-electron chi connectivity index (χ3n) is 3.60. The molecular formula is C16H11ClN2O4. The smallest absolute Gasteiger partial charge is 0.355 e. The first-order chi connectivity index (χ1) is 11.1. The molecule has 0 fully saturated rings. The fourth-order valence-corrected chi connectivity index (χ4v) is 2.78. The summed E-state index contributed by atoms with van der Waals surface area (Å²) < 4.78 is 12.5. The topological polar surface area (TPSA) is 73.1 Å². The zero-order chi connectivity index (χ0) is 16.0. The number of fused-ring (bicyclic) bond motifs is 2. The molecule has 1 aliphatic heterocycles. The summed E-state index contributed by atoms with van der Waals surface area (Å²) in [6.07, 6.45) is 1.54. The van der Waals surface area contributed by atoms with Crippen molar-refractivity contribution < 1.29 is 19.4 Å². The number of halogens is 1. The summed E-state index contributed by atoms with van der Waals surface area (Å²) in [5.41, 5.74) is 1.57. The van der Waals surface area contributed by atoms with Crippen LogP contribution in [0.3, 0.4) is 0 Å². The van der Waals surface area contributed by atoms with Gasteiger partial charge in [0.1, 0.15) is 24.6 Å². The summed E-state index contributed by atoms with van der Waals surface area (Å²) in [4.78, 5) is 16.1. The number of nitrogens with zero attached hydrogens (tertiary/aromatic N) is 2. The number of hydrogen-bond donors (Lipinski definition) is 1. The minimum Gasteiger partial charge on any atom is -0.486 e. The minimum absolute atomic E-state index is 0.0548. The van der Waals surface area contributed by atoms with Crippen molar-refractivity contribution >= 4 is 23.2 Å². The number of pyridine rings is 1. The monoisotopic (exact) mass is 330 g/mol. The first kappa shape index (κ1) is 13.9. The second-order valence-corrected chi connectivity index (χ2v) is 5.48. The molecule has 4 rings (SSSR count). The Hall–Kier alpha value is -2.73. The van der Waals surface area contributed by atoms with Crippen LogP contribution in [0.4, 0.5) is 0 Å². The molecule has 0 spiro atoms. The van der Waals surface area contributed by atoms with Crippen LogP contribution in [-0.4, -0.2) is 33.7 Å². The largest absolute Gasteiger partial charge is 0.486 e. The van der Waals surface area contributed by atoms with Gasteiger partial charge in [-0.15, -0.1) is 0 Å². The Morgan fingerprint density at radius 1 is 1.17 bits per heavy atom. The average molecular weight is 331 g/mol. The Kier molecular flexibility index (Phi) is 3.12. The first-order valence-corrected chi connectivity index (χ1v) is 7.32. The lowest BCUT2D eigenvalue weighted by Gasteiger charge is -2.18. The molecule has 2 aromatic heterocycles. The third-order valence-corrected chi connectivity index (χ3v) is 3.82. The molecule has 1 aliphatic rings. The lowest BCUT2D eigenvalue weighted by atomic mass is 10.1. The van der Waals surface area contributed by atoms with E-state index in [0.717, 1.165) is 0 Å². The maximum Gasteiger partial charge on any atom is 0.355 e. The van der Waals surface area contributed by atoms with Crippen molar-refractivity contribution in [3.05, 3.63) is 47.2 Å². The predicted octanol–water partition coefficient (Wildman–Crippen LogP) is 3.12. The Morgan fingerprint density at radius 3 is 2.74 bits per heavy atom. The van der Waals surface area contributed by atoms with E-state index < -0.39 is 5.97 Å². The highest BCUT2D eigenvalue weighted by Crippen LogP contribution is 2.35. The zero-order valence-electron chi connectivity index (χ0n) is 11.8. The Morgan fingerprint density at radius 2 is 1.96 bits per heavy atom. The van der Waals surface area contributed by atoms with Gasteiger partial charge in [-0.1, -0.05) is 11.6 Å². The maximum absolute atomic E-state index is 11.7. The number of carboxylic acids is 1. The van der Waals surface area contributed by atoms with Crippen molar-refractivity contribution in [1.82, 2.24) is 9.38 Å². The number of aromatic carboxylic acids is 1. The van der Waals surface area contributed by atoms with E-state index >= 15 is 0 Å². The van der Waals surface area contributed by atoms with Crippen LogP contribution >= 0.6 is 11.6 Å². The maximum atomic E-state index is 11.7. The summed E-state index contributed by atoms with van der Waals surface area (Å²) in [7, 11) is 0. The van der Waals surface area contributed by atoms with Gasteiger partial charge in [-0.3, -0.25) is 4.40 Å². The lowest BCUT2D eigenvalue weighted by molar-refractivity contribution is 0.0690. The summed E-state index contributed by atoms with van der Waals surface area (Å²) in [5.74, 6) is 0.147. The van der Waals surface area contributed by atoms with Gasteiger partial charge in [0.2, 0.25) is 0 Å². The standard InChI is InChI=1S/C16H11ClN2O4/c17-10-2-4-13-18-14(15(16(20)21)19(13)8-10)9-1-3-11-12(7-9)23-6-5-22-11/h1-4,7-8H,5-6H2,(H,20,21). The number of aromatic nitrogens is 2. The number of imidazole rings is 1. The molecule has 0 aliphatic carbocycles. The van der Waals surface area contributed by atoms with Crippen LogP contribution in [0.1, 0.15) is 10.5 Å². The third kappa shape index (κ3) is 2.27. The van der Waals surface area contributed by atoms with Gasteiger partial charge in [0.05, 0.1) is 5.02 Å². The van der Waals surface area contributed by atoms with Crippen molar-refractivity contribution in [2.24, 2.45) is 0 Å². The molecule has 0 saturated carbocycles. The second-order valence-electron chi connectivity index (χ2n) is 5.05. The minimum atomic E-state index is -1.08. The van der Waals surface area contributed by atoms with E-state index in [9.17, 15) is 9.90 Å². The first-order valence-electron chi connectivity index (χ1n) is 6.94. The normalized spacial score (nSPS) is 13.3. The number of carbonyl (C=O) groups is 1. The van der Waals surface area contributed by atoms with E-state index in [1.807, 2.05) is 0 Å². The van der Waals surface area contributed by atoms with Gasteiger partial charge in [0.25, 0.3) is 0 Å². The van der Waals surface area contributed by atoms with Gasteiger partial charge in [-0.2, -0.15) is 0 Å². The van der Waals surface area contributed by atoms with Gasteiger partial charge in [0, 0.05) is 11.8 Å². The van der Waals surface area contributed by atoms with E-state index in [1.165, 1.54) is 10.6 Å². The molecule has 0 unspecified atom stereocenters. The fourth-order valence-electron chi connectivity index (χ4n) is 2.62. The van der Waals surface area contributed by atoms with E-state index in [0.29, 0.717) is 46.6 Å². The molecule has 0 bridgehead atoms. The zero-order valence-corrected chi connectivity index (χ0v) is 12.6. The van der Waals surface area contributed by atoms with Gasteiger partial charge in [0.15, 0.2) is 17.2 Å². The molecule has 0 amide bonds. The molecule has 0 radical (unpaired) electrons. The van der Waals surface area contributed by atoms with Crippen LogP contribution in [0.2, 0.25) is 5.02 Å². The number of ether oxygens (including phenoxy) is 2. The highest BCUT2D eigenvalue weighted by Gasteiger charge is 2.22. The van der Waals surface area contributed by atoms with Crippen LogP contribution in [0.15, 0.2) is 36.5 Å². The molecule has 3 heterocycles. The van der Waals surface area contributed by atoms with Crippen molar-refractivity contribution in [3.63, 3.8) is 0 Å². The van der Waals surface area contributed by atoms with E-state index in [-0.39, 0.29) is 5.69 Å². The van der Waals surface area contributed by atoms with Crippen LogP contribution in [0, 0.1) is 0 Å². The Balaban J connectivity index is 1.94. The van der Waals surface area contributed by atoms with Crippen LogP contribution in [0.25, 0.3) is 16.9 Å². The van der Waals surface area contributed by atoms with Crippen molar-refractivity contribution in [3.8, 4) is 22.8 Å². The summed E-state index contributed by atoms with van der Waals surface area (Å²) in [6.45, 7) is 0.961. The number of carboxylic acid groups (broad SMARTS) is 1. The van der Waals surface area contributed by atoms with Crippen LogP contribution < -0.4 is 9.47 Å². The fraction of sp³-hybridized carbons (Fsp3) is 0.125. The molecule has 7 heteroatoms. The van der Waals surface area contributed by atoms with Gasteiger partial charge in [-0.25, -0.2) is 9.78 Å². The van der Waals surface area contributed by atoms with E-state index in [2.05, 4.69) is 4.98 Å². The second kappa shape index (κ2) is 5.17. The molecular weight excluding hydrogens is 320 g/mol. The molecule has 116 valence electrons. The molecule has 6 nitrogen and oxygen atoms in total. The number of benzene rings is 1. The van der Waals surface area contributed by atoms with Gasteiger partial charge < -0.3 is 14.6 Å². The highest BCUT2D eigenvalue weighted by atomic mass is 35.5. The summed E-state index contributed by atoms with van der Waals surface area (Å²) in [5, 5.41) is 10.0. The van der Waals surface area contributed by atoms with Crippen molar-refractivity contribution in [2.75, 3.05) is 13.2 Å². The lowest BCUT2D eigenvalue weighted by Crippen LogP contribution is -2.15. The Bertz CT molecular complexity index is 935. The molecule has 0 saturated heterocycles. The molecule has 1 N–H and O–H groups in total. The van der Waals surface area contributed by atoms with Crippen molar-refractivity contribution in [1.29, 1.82) is 0 Å². The number of hydrogen-bond acceptors (Lipinski definition) is 4. The molecule has 1 aromatic carbocycles. The summed E-state index contributed by atoms with van der Waals surface area (Å²) >= 11 is 5.97. The van der Waals surface area contributed by atoms with Crippen LogP contribution in [-0.2, 0) is 0 Å².